The molecule has 1 saturated heterocycles. The highest BCUT2D eigenvalue weighted by molar-refractivity contribution is 5.74. The van der Waals surface area contributed by atoms with Gasteiger partial charge in [-0.2, -0.15) is 0 Å². The van der Waals surface area contributed by atoms with Gasteiger partial charge in [0, 0.05) is 26.1 Å². The summed E-state index contributed by atoms with van der Waals surface area (Å²) in [5.74, 6) is -0.335. The van der Waals surface area contributed by atoms with Crippen molar-refractivity contribution >= 4 is 5.97 Å². The summed E-state index contributed by atoms with van der Waals surface area (Å²) in [6.45, 7) is 1.73. The van der Waals surface area contributed by atoms with E-state index < -0.39 is 11.7 Å². The van der Waals surface area contributed by atoms with Crippen LogP contribution in [0.2, 0.25) is 0 Å². The van der Waals surface area contributed by atoms with Crippen LogP contribution in [0.25, 0.3) is 0 Å². The zero-order valence-electron chi connectivity index (χ0n) is 17.0. The number of carbonyl (C=O) groups is 1. The third-order valence-corrected chi connectivity index (χ3v) is 5.58. The molecule has 0 unspecified atom stereocenters. The van der Waals surface area contributed by atoms with Gasteiger partial charge >= 0.3 is 5.97 Å². The van der Waals surface area contributed by atoms with Crippen molar-refractivity contribution in [1.29, 1.82) is 0 Å². The second kappa shape index (κ2) is 9.24. The third kappa shape index (κ3) is 5.15. The van der Waals surface area contributed by atoms with Crippen molar-refractivity contribution in [3.8, 4) is 0 Å². The summed E-state index contributed by atoms with van der Waals surface area (Å²) >= 11 is 0. The number of benzene rings is 3. The van der Waals surface area contributed by atoms with Gasteiger partial charge in [0.05, 0.1) is 6.42 Å². The van der Waals surface area contributed by atoms with Crippen LogP contribution in [0.5, 0.6) is 0 Å². The lowest BCUT2D eigenvalue weighted by Crippen LogP contribution is -2.49. The molecule has 1 aliphatic heterocycles. The summed E-state index contributed by atoms with van der Waals surface area (Å²) in [4.78, 5) is 14.4. The van der Waals surface area contributed by atoms with E-state index in [1.54, 1.807) is 0 Å². The lowest BCUT2D eigenvalue weighted by Gasteiger charge is -2.34. The molecule has 0 bridgehead atoms. The Balaban J connectivity index is 1.55. The van der Waals surface area contributed by atoms with Crippen molar-refractivity contribution < 1.29 is 14.6 Å². The highest BCUT2D eigenvalue weighted by Crippen LogP contribution is 2.31. The van der Waals surface area contributed by atoms with Gasteiger partial charge in [-0.3, -0.25) is 9.69 Å². The van der Waals surface area contributed by atoms with E-state index in [9.17, 15) is 9.90 Å². The van der Waals surface area contributed by atoms with Crippen LogP contribution in [0, 0.1) is 0 Å². The van der Waals surface area contributed by atoms with Crippen LogP contribution in [-0.4, -0.2) is 34.2 Å². The van der Waals surface area contributed by atoms with Gasteiger partial charge in [-0.25, -0.2) is 0 Å². The molecule has 3 aromatic rings. The minimum Gasteiger partial charge on any atom is -0.459 e. The monoisotopic (exact) mass is 401 g/mol. The highest BCUT2D eigenvalue weighted by Gasteiger charge is 2.48. The minimum absolute atomic E-state index is 0.0184. The lowest BCUT2D eigenvalue weighted by atomic mass is 9.90. The average Bonchev–Trinajstić information content (AvgIpc) is 3.02. The maximum absolute atomic E-state index is 12.2. The number of esters is 1. The number of rotatable bonds is 8. The van der Waals surface area contributed by atoms with Gasteiger partial charge in [0.15, 0.2) is 0 Å². The van der Waals surface area contributed by atoms with Crippen LogP contribution in [-0.2, 0) is 29.0 Å². The lowest BCUT2D eigenvalue weighted by molar-refractivity contribution is -0.142. The third-order valence-electron chi connectivity index (χ3n) is 5.58. The van der Waals surface area contributed by atoms with Gasteiger partial charge in [-0.05, 0) is 16.7 Å². The zero-order valence-corrected chi connectivity index (χ0v) is 17.0. The van der Waals surface area contributed by atoms with Crippen molar-refractivity contribution in [2.45, 2.75) is 37.6 Å². The van der Waals surface area contributed by atoms with E-state index in [2.05, 4.69) is 29.2 Å². The topological polar surface area (TPSA) is 49.8 Å². The number of aliphatic hydroxyl groups is 1. The van der Waals surface area contributed by atoms with Crippen LogP contribution in [0.1, 0.15) is 23.1 Å². The quantitative estimate of drug-likeness (QED) is 0.580. The van der Waals surface area contributed by atoms with Crippen LogP contribution < -0.4 is 0 Å². The molecule has 30 heavy (non-hydrogen) atoms. The SMILES string of the molecule is O=C1C[C@](O)(CN(Cc2ccccc2)Cc2ccccc2)[C@@H](Cc2ccccc2)O1. The predicted molar refractivity (Wildman–Crippen MR) is 117 cm³/mol. The van der Waals surface area contributed by atoms with Crippen LogP contribution in [0.3, 0.4) is 0 Å². The Bertz CT molecular complexity index is 904. The molecule has 4 heteroatoms. The van der Waals surface area contributed by atoms with E-state index in [4.69, 9.17) is 4.74 Å². The van der Waals surface area contributed by atoms with Gasteiger partial charge in [0.1, 0.15) is 11.7 Å². The smallest absolute Gasteiger partial charge is 0.309 e. The second-order valence-corrected chi connectivity index (χ2v) is 8.06. The molecule has 1 N–H and O–H groups in total. The number of carbonyl (C=O) groups excluding carboxylic acids is 1. The van der Waals surface area contributed by atoms with Gasteiger partial charge in [-0.15, -0.1) is 0 Å². The molecule has 0 saturated carbocycles. The number of ether oxygens (including phenoxy) is 1. The molecular weight excluding hydrogens is 374 g/mol. The van der Waals surface area contributed by atoms with Crippen molar-refractivity contribution in [3.05, 3.63) is 108 Å². The second-order valence-electron chi connectivity index (χ2n) is 8.06. The highest BCUT2D eigenvalue weighted by atomic mass is 16.6. The normalized spacial score (nSPS) is 21.0. The van der Waals surface area contributed by atoms with E-state index >= 15 is 0 Å². The summed E-state index contributed by atoms with van der Waals surface area (Å²) in [7, 11) is 0. The molecule has 0 spiro atoms. The summed E-state index contributed by atoms with van der Waals surface area (Å²) in [6, 6.07) is 30.3. The Hall–Kier alpha value is -2.95. The van der Waals surface area contributed by atoms with E-state index in [1.807, 2.05) is 66.7 Å². The first kappa shape index (κ1) is 20.3. The Kier molecular flexibility index (Phi) is 6.26. The van der Waals surface area contributed by atoms with Gasteiger partial charge in [0.25, 0.3) is 0 Å². The predicted octanol–water partition coefficient (Wildman–Crippen LogP) is 3.98. The molecule has 0 aliphatic carbocycles. The maximum atomic E-state index is 12.2. The van der Waals surface area contributed by atoms with Crippen LogP contribution in [0.15, 0.2) is 91.0 Å². The van der Waals surface area contributed by atoms with Crippen LogP contribution >= 0.6 is 0 Å². The Morgan fingerprint density at radius 3 is 1.77 bits per heavy atom. The molecule has 1 fully saturated rings. The molecule has 1 heterocycles. The van der Waals surface area contributed by atoms with Gasteiger partial charge in [-0.1, -0.05) is 91.0 Å². The number of nitrogens with zero attached hydrogens (tertiary/aromatic N) is 1. The molecule has 0 amide bonds. The van der Waals surface area contributed by atoms with E-state index in [0.29, 0.717) is 26.1 Å². The molecule has 154 valence electrons. The average molecular weight is 402 g/mol. The Morgan fingerprint density at radius 1 is 0.800 bits per heavy atom. The zero-order chi connectivity index (χ0) is 20.8. The fourth-order valence-electron chi connectivity index (χ4n) is 4.13. The fraction of sp³-hybridized carbons (Fsp3) is 0.269. The molecule has 1 aliphatic rings. The summed E-state index contributed by atoms with van der Waals surface area (Å²) in [6.07, 6.45) is -0.0283. The Morgan fingerprint density at radius 2 is 1.27 bits per heavy atom. The van der Waals surface area contributed by atoms with E-state index in [-0.39, 0.29) is 12.4 Å². The number of hydrogen-bond acceptors (Lipinski definition) is 4. The minimum atomic E-state index is -1.23. The first-order valence-electron chi connectivity index (χ1n) is 10.4. The van der Waals surface area contributed by atoms with Crippen molar-refractivity contribution in [2.75, 3.05) is 6.54 Å². The first-order chi connectivity index (χ1) is 14.6. The molecule has 0 radical (unpaired) electrons. The van der Waals surface area contributed by atoms with Crippen molar-refractivity contribution in [2.24, 2.45) is 0 Å². The van der Waals surface area contributed by atoms with E-state index in [0.717, 1.165) is 5.56 Å². The van der Waals surface area contributed by atoms with Gasteiger partial charge < -0.3 is 9.84 Å². The molecule has 4 nitrogen and oxygen atoms in total. The molecule has 3 aromatic carbocycles. The Labute approximate surface area is 177 Å². The van der Waals surface area contributed by atoms with Crippen LogP contribution in [0.4, 0.5) is 0 Å². The van der Waals surface area contributed by atoms with Crippen molar-refractivity contribution in [1.82, 2.24) is 4.90 Å². The molecule has 2 atom stereocenters. The van der Waals surface area contributed by atoms with E-state index in [1.165, 1.54) is 11.1 Å². The first-order valence-corrected chi connectivity index (χ1v) is 10.4. The standard InChI is InChI=1S/C26H27NO3/c28-25-17-26(29,24(30-25)16-21-10-4-1-5-11-21)20-27(18-22-12-6-2-7-13-22)19-23-14-8-3-9-15-23/h1-15,24,29H,16-20H2/t24-,26+/m1/s1. The van der Waals surface area contributed by atoms with Crippen molar-refractivity contribution in [3.63, 3.8) is 0 Å². The maximum Gasteiger partial charge on any atom is 0.309 e. The fourth-order valence-corrected chi connectivity index (χ4v) is 4.13. The number of hydrogen-bond donors (Lipinski definition) is 1. The summed E-state index contributed by atoms with van der Waals surface area (Å²) in [5.41, 5.74) is 2.16. The summed E-state index contributed by atoms with van der Waals surface area (Å²) in [5, 5.41) is 11.5. The molecule has 4 rings (SSSR count). The molecular formula is C26H27NO3. The van der Waals surface area contributed by atoms with Gasteiger partial charge in [0.2, 0.25) is 0 Å². The largest absolute Gasteiger partial charge is 0.459 e. The summed E-state index contributed by atoms with van der Waals surface area (Å²) < 4.78 is 5.57. The molecule has 0 aromatic heterocycles. The number of cyclic esters (lactones) is 1.